The number of hydrogen-bond acceptors (Lipinski definition) is 2. The summed E-state index contributed by atoms with van der Waals surface area (Å²) in [4.78, 5) is 0. The van der Waals surface area contributed by atoms with Crippen LogP contribution in [0, 0.1) is 11.8 Å². The lowest BCUT2D eigenvalue weighted by Gasteiger charge is -2.16. The third-order valence-corrected chi connectivity index (χ3v) is 2.14. The zero-order valence-corrected chi connectivity index (χ0v) is 10.1. The normalized spacial score (nSPS) is 12.3. The molecule has 4 heteroatoms. The van der Waals surface area contributed by atoms with Gasteiger partial charge in [0.25, 0.3) is 6.43 Å². The topological polar surface area (TPSA) is 21.3 Å². The Morgan fingerprint density at radius 3 is 2.62 bits per heavy atom. The van der Waals surface area contributed by atoms with Gasteiger partial charge >= 0.3 is 0 Å². The minimum Gasteiger partial charge on any atom is -0.375 e. The van der Waals surface area contributed by atoms with Gasteiger partial charge in [0, 0.05) is 19.1 Å². The van der Waals surface area contributed by atoms with E-state index in [0.29, 0.717) is 12.6 Å². The summed E-state index contributed by atoms with van der Waals surface area (Å²) in [6, 6.07) is 0.309. The molecule has 0 heterocycles. The van der Waals surface area contributed by atoms with Crippen LogP contribution < -0.4 is 5.32 Å². The minimum atomic E-state index is -2.37. The van der Waals surface area contributed by atoms with Gasteiger partial charge in [-0.1, -0.05) is 6.92 Å². The highest BCUT2D eigenvalue weighted by Crippen LogP contribution is 2.03. The highest BCUT2D eigenvalue weighted by molar-refractivity contribution is 4.95. The third kappa shape index (κ3) is 9.88. The molecule has 0 radical (unpaired) electrons. The first-order valence-corrected chi connectivity index (χ1v) is 5.69. The molecular weight excluding hydrogens is 212 g/mol. The molecule has 0 bridgehead atoms. The van der Waals surface area contributed by atoms with E-state index in [9.17, 15) is 8.78 Å². The van der Waals surface area contributed by atoms with Crippen molar-refractivity contribution in [2.24, 2.45) is 0 Å². The fourth-order valence-corrected chi connectivity index (χ4v) is 1.41. The fourth-order valence-electron chi connectivity index (χ4n) is 1.41. The van der Waals surface area contributed by atoms with Gasteiger partial charge in [0.1, 0.15) is 6.61 Å². The maximum atomic E-state index is 11.8. The zero-order valence-electron chi connectivity index (χ0n) is 10.1. The van der Waals surface area contributed by atoms with Crippen LogP contribution in [0.1, 0.15) is 33.1 Å². The molecule has 0 aliphatic carbocycles. The first-order chi connectivity index (χ1) is 7.70. The smallest absolute Gasteiger partial charge is 0.261 e. The molecule has 0 aromatic heterocycles. The van der Waals surface area contributed by atoms with Crippen molar-refractivity contribution in [1.82, 2.24) is 5.32 Å². The van der Waals surface area contributed by atoms with Crippen molar-refractivity contribution >= 4 is 0 Å². The molecule has 1 N–H and O–H groups in total. The van der Waals surface area contributed by atoms with Crippen molar-refractivity contribution in [3.8, 4) is 11.8 Å². The van der Waals surface area contributed by atoms with Gasteiger partial charge < -0.3 is 10.1 Å². The van der Waals surface area contributed by atoms with Crippen LogP contribution in [-0.2, 0) is 4.74 Å². The number of rotatable bonds is 9. The zero-order chi connectivity index (χ0) is 12.2. The van der Waals surface area contributed by atoms with Crippen LogP contribution in [0.4, 0.5) is 8.78 Å². The first kappa shape index (κ1) is 15.3. The molecule has 0 fully saturated rings. The molecule has 0 aromatic rings. The summed E-state index contributed by atoms with van der Waals surface area (Å²) in [5.41, 5.74) is 0. The van der Waals surface area contributed by atoms with Crippen molar-refractivity contribution in [2.45, 2.75) is 45.6 Å². The van der Waals surface area contributed by atoms with E-state index in [-0.39, 0.29) is 0 Å². The Bertz CT molecular complexity index is 211. The maximum absolute atomic E-state index is 11.8. The van der Waals surface area contributed by atoms with Crippen LogP contribution >= 0.6 is 0 Å². The summed E-state index contributed by atoms with van der Waals surface area (Å²) in [7, 11) is 0. The van der Waals surface area contributed by atoms with E-state index in [1.54, 1.807) is 0 Å². The predicted molar refractivity (Wildman–Crippen MR) is 61.6 cm³/mol. The number of hydrogen-bond donors (Lipinski definition) is 1. The average molecular weight is 233 g/mol. The van der Waals surface area contributed by atoms with E-state index in [4.69, 9.17) is 4.74 Å². The summed E-state index contributed by atoms with van der Waals surface area (Å²) in [6.45, 7) is 4.63. The summed E-state index contributed by atoms with van der Waals surface area (Å²) in [6.07, 6.45) is 0.158. The van der Waals surface area contributed by atoms with Gasteiger partial charge in [-0.25, -0.2) is 8.78 Å². The Morgan fingerprint density at radius 1 is 1.31 bits per heavy atom. The highest BCUT2D eigenvalue weighted by atomic mass is 19.3. The molecule has 2 nitrogen and oxygen atoms in total. The maximum Gasteiger partial charge on any atom is 0.261 e. The van der Waals surface area contributed by atoms with Crippen molar-refractivity contribution in [2.75, 3.05) is 19.8 Å². The Balaban J connectivity index is 3.61. The van der Waals surface area contributed by atoms with Crippen molar-refractivity contribution < 1.29 is 13.5 Å². The van der Waals surface area contributed by atoms with Crippen LogP contribution in [0.5, 0.6) is 0 Å². The molecule has 0 saturated heterocycles. The molecular formula is C12H21F2NO. The SMILES string of the molecule is CC#CCCC(CCOCC(F)F)NCC. The van der Waals surface area contributed by atoms with Crippen molar-refractivity contribution in [1.29, 1.82) is 0 Å². The van der Waals surface area contributed by atoms with Gasteiger partial charge in [-0.2, -0.15) is 0 Å². The highest BCUT2D eigenvalue weighted by Gasteiger charge is 2.07. The third-order valence-electron chi connectivity index (χ3n) is 2.14. The summed E-state index contributed by atoms with van der Waals surface area (Å²) in [5.74, 6) is 5.83. The Kier molecular flexibility index (Phi) is 10.4. The molecule has 0 aromatic carbocycles. The monoisotopic (exact) mass is 233 g/mol. The van der Waals surface area contributed by atoms with Crippen LogP contribution in [-0.4, -0.2) is 32.2 Å². The lowest BCUT2D eigenvalue weighted by Crippen LogP contribution is -2.30. The molecule has 0 aliphatic heterocycles. The Labute approximate surface area is 96.7 Å². The molecule has 0 amide bonds. The van der Waals surface area contributed by atoms with Gasteiger partial charge in [-0.3, -0.25) is 0 Å². The average Bonchev–Trinajstić information content (AvgIpc) is 2.24. The second-order valence-electron chi connectivity index (χ2n) is 3.47. The number of halogens is 2. The van der Waals surface area contributed by atoms with E-state index >= 15 is 0 Å². The number of ether oxygens (including phenoxy) is 1. The van der Waals surface area contributed by atoms with E-state index in [1.165, 1.54) is 0 Å². The largest absolute Gasteiger partial charge is 0.375 e. The molecule has 0 spiro atoms. The second kappa shape index (κ2) is 10.8. The van der Waals surface area contributed by atoms with Crippen LogP contribution in [0.25, 0.3) is 0 Å². The molecule has 1 unspecified atom stereocenters. The first-order valence-electron chi connectivity index (χ1n) is 5.69. The van der Waals surface area contributed by atoms with Crippen molar-refractivity contribution in [3.05, 3.63) is 0 Å². The predicted octanol–water partition coefficient (Wildman–Crippen LogP) is 2.44. The van der Waals surface area contributed by atoms with Gasteiger partial charge in [-0.05, 0) is 26.3 Å². The van der Waals surface area contributed by atoms with Crippen LogP contribution in [0.3, 0.4) is 0 Å². The summed E-state index contributed by atoms with van der Waals surface area (Å²) in [5, 5.41) is 3.29. The molecule has 16 heavy (non-hydrogen) atoms. The molecule has 0 saturated carbocycles. The Morgan fingerprint density at radius 2 is 2.06 bits per heavy atom. The van der Waals surface area contributed by atoms with Gasteiger partial charge in [0.2, 0.25) is 0 Å². The number of nitrogens with one attached hydrogen (secondary N) is 1. The molecule has 1 atom stereocenters. The minimum absolute atomic E-state index is 0.309. The van der Waals surface area contributed by atoms with Gasteiger partial charge in [-0.15, -0.1) is 11.8 Å². The molecule has 0 aliphatic rings. The van der Waals surface area contributed by atoms with Crippen LogP contribution in [0.2, 0.25) is 0 Å². The Hall–Kier alpha value is -0.660. The molecule has 0 rings (SSSR count). The lowest BCUT2D eigenvalue weighted by molar-refractivity contribution is 0.0143. The second-order valence-corrected chi connectivity index (χ2v) is 3.47. The van der Waals surface area contributed by atoms with E-state index < -0.39 is 13.0 Å². The number of alkyl halides is 2. The van der Waals surface area contributed by atoms with Crippen LogP contribution in [0.15, 0.2) is 0 Å². The standard InChI is InChI=1S/C12H21F2NO/c1-3-5-6-7-11(15-4-2)8-9-16-10-12(13)14/h11-12,15H,4,6-10H2,1-2H3. The van der Waals surface area contributed by atoms with Gasteiger partial charge in [0.15, 0.2) is 0 Å². The summed E-state index contributed by atoms with van der Waals surface area (Å²) >= 11 is 0. The van der Waals surface area contributed by atoms with Gasteiger partial charge in [0.05, 0.1) is 0 Å². The van der Waals surface area contributed by atoms with E-state index in [2.05, 4.69) is 17.2 Å². The lowest BCUT2D eigenvalue weighted by atomic mass is 10.1. The fraction of sp³-hybridized carbons (Fsp3) is 0.833. The summed E-state index contributed by atoms with van der Waals surface area (Å²) < 4.78 is 28.4. The quantitative estimate of drug-likeness (QED) is 0.488. The van der Waals surface area contributed by atoms with Crippen molar-refractivity contribution in [3.63, 3.8) is 0 Å². The van der Waals surface area contributed by atoms with E-state index in [1.807, 2.05) is 13.8 Å². The van der Waals surface area contributed by atoms with E-state index in [0.717, 1.165) is 25.8 Å². The molecule has 94 valence electrons.